The topological polar surface area (TPSA) is 39.7 Å². The Balaban J connectivity index is 0.00000288. The third kappa shape index (κ3) is 6.59. The van der Waals surface area contributed by atoms with Crippen LogP contribution in [0.3, 0.4) is 0 Å². The molecule has 136 valence electrons. The smallest absolute Gasteiger partial charge is 0.191 e. The number of nitrogens with one attached hydrogen (secondary N) is 2. The first kappa shape index (κ1) is 21.2. The molecule has 1 aliphatic heterocycles. The van der Waals surface area contributed by atoms with Crippen molar-refractivity contribution >= 4 is 29.9 Å². The molecule has 0 aromatic heterocycles. The average Bonchev–Trinajstić information content (AvgIpc) is 2.96. The van der Waals surface area contributed by atoms with Gasteiger partial charge in [0.2, 0.25) is 0 Å². The van der Waals surface area contributed by atoms with Gasteiger partial charge in [-0.1, -0.05) is 44.2 Å². The van der Waals surface area contributed by atoms with Crippen LogP contribution in [0, 0.1) is 5.92 Å². The summed E-state index contributed by atoms with van der Waals surface area (Å²) in [6, 6.07) is 10.6. The highest BCUT2D eigenvalue weighted by molar-refractivity contribution is 14.0. The fraction of sp³-hybridized carbons (Fsp3) is 0.632. The lowest BCUT2D eigenvalue weighted by molar-refractivity contribution is 0.393. The van der Waals surface area contributed by atoms with Gasteiger partial charge in [0, 0.05) is 25.0 Å². The van der Waals surface area contributed by atoms with Gasteiger partial charge in [0.25, 0.3) is 0 Å². The molecule has 0 saturated carbocycles. The molecule has 1 aromatic rings. The van der Waals surface area contributed by atoms with E-state index in [0.717, 1.165) is 31.5 Å². The van der Waals surface area contributed by atoms with Gasteiger partial charge >= 0.3 is 0 Å². The molecule has 1 atom stereocenters. The minimum absolute atomic E-state index is 0. The number of rotatable bonds is 6. The minimum Gasteiger partial charge on any atom is -0.357 e. The molecule has 1 unspecified atom stereocenters. The van der Waals surface area contributed by atoms with E-state index < -0.39 is 0 Å². The first-order valence-corrected chi connectivity index (χ1v) is 8.77. The van der Waals surface area contributed by atoms with Gasteiger partial charge in [-0.05, 0) is 38.4 Å². The van der Waals surface area contributed by atoms with E-state index >= 15 is 0 Å². The first-order chi connectivity index (χ1) is 11.0. The fourth-order valence-electron chi connectivity index (χ4n) is 3.03. The second-order valence-corrected chi connectivity index (χ2v) is 7.24. The highest BCUT2D eigenvalue weighted by atomic mass is 127. The van der Waals surface area contributed by atoms with Crippen LogP contribution in [-0.2, 0) is 5.41 Å². The lowest BCUT2D eigenvalue weighted by Gasteiger charge is -2.24. The zero-order chi connectivity index (χ0) is 16.7. The Labute approximate surface area is 164 Å². The Bertz CT molecular complexity index is 501. The Morgan fingerprint density at radius 3 is 2.54 bits per heavy atom. The quantitative estimate of drug-likeness (QED) is 0.403. The summed E-state index contributed by atoms with van der Waals surface area (Å²) in [7, 11) is 2.20. The molecule has 24 heavy (non-hydrogen) atoms. The number of likely N-dealkylation sites (tertiary alicyclic amines) is 1. The minimum atomic E-state index is 0. The predicted octanol–water partition coefficient (Wildman–Crippen LogP) is 3.09. The van der Waals surface area contributed by atoms with Crippen molar-refractivity contribution in [2.45, 2.75) is 32.6 Å². The molecule has 0 spiro atoms. The summed E-state index contributed by atoms with van der Waals surface area (Å²) >= 11 is 0. The van der Waals surface area contributed by atoms with Gasteiger partial charge in [-0.15, -0.1) is 24.0 Å². The SMILES string of the molecule is CCNC(=NCC(C)(C)c1ccccc1)NCC1CCN(C)C1.I. The molecule has 2 rings (SSSR count). The number of nitrogens with zero attached hydrogens (tertiary/aromatic N) is 2. The number of aliphatic imine (C=N–C) groups is 1. The molecule has 0 bridgehead atoms. The summed E-state index contributed by atoms with van der Waals surface area (Å²) in [5.74, 6) is 1.66. The van der Waals surface area contributed by atoms with Crippen LogP contribution in [-0.4, -0.2) is 50.6 Å². The molecule has 1 saturated heterocycles. The fourth-order valence-corrected chi connectivity index (χ4v) is 3.03. The summed E-state index contributed by atoms with van der Waals surface area (Å²) in [5.41, 5.74) is 1.37. The largest absolute Gasteiger partial charge is 0.357 e. The van der Waals surface area contributed by atoms with Gasteiger partial charge < -0.3 is 15.5 Å². The van der Waals surface area contributed by atoms with Gasteiger partial charge in [-0.25, -0.2) is 0 Å². The van der Waals surface area contributed by atoms with Crippen LogP contribution in [0.15, 0.2) is 35.3 Å². The van der Waals surface area contributed by atoms with Crippen molar-refractivity contribution in [1.29, 1.82) is 0 Å². The summed E-state index contributed by atoms with van der Waals surface area (Å²) < 4.78 is 0. The van der Waals surface area contributed by atoms with Crippen LogP contribution >= 0.6 is 24.0 Å². The van der Waals surface area contributed by atoms with E-state index in [1.807, 2.05) is 0 Å². The normalized spacial score (nSPS) is 19.0. The van der Waals surface area contributed by atoms with Crippen molar-refractivity contribution < 1.29 is 0 Å². The van der Waals surface area contributed by atoms with E-state index in [1.165, 1.54) is 25.1 Å². The summed E-state index contributed by atoms with van der Waals surface area (Å²) in [6.07, 6.45) is 1.28. The predicted molar refractivity (Wildman–Crippen MR) is 114 cm³/mol. The number of halogens is 1. The van der Waals surface area contributed by atoms with Gasteiger partial charge in [0.05, 0.1) is 6.54 Å². The summed E-state index contributed by atoms with van der Waals surface area (Å²) in [5, 5.41) is 6.89. The molecular formula is C19H33IN4. The lowest BCUT2D eigenvalue weighted by atomic mass is 9.85. The summed E-state index contributed by atoms with van der Waals surface area (Å²) in [4.78, 5) is 7.22. The molecule has 5 heteroatoms. The molecule has 2 N–H and O–H groups in total. The Morgan fingerprint density at radius 2 is 1.96 bits per heavy atom. The van der Waals surface area contributed by atoms with Gasteiger partial charge in [0.15, 0.2) is 5.96 Å². The maximum atomic E-state index is 4.82. The van der Waals surface area contributed by atoms with Crippen molar-refractivity contribution in [3.05, 3.63) is 35.9 Å². The van der Waals surface area contributed by atoms with E-state index in [0.29, 0.717) is 0 Å². The Hall–Kier alpha value is -0.820. The van der Waals surface area contributed by atoms with E-state index in [2.05, 4.69) is 73.7 Å². The first-order valence-electron chi connectivity index (χ1n) is 8.77. The molecule has 1 aliphatic rings. The number of guanidine groups is 1. The molecule has 0 aliphatic carbocycles. The molecule has 1 fully saturated rings. The third-order valence-electron chi connectivity index (χ3n) is 4.58. The van der Waals surface area contributed by atoms with Crippen LogP contribution < -0.4 is 10.6 Å². The van der Waals surface area contributed by atoms with Crippen molar-refractivity contribution in [2.75, 3.05) is 39.8 Å². The number of benzene rings is 1. The molecule has 1 heterocycles. The molecule has 0 radical (unpaired) electrons. The molecule has 0 amide bonds. The Kier molecular flexibility index (Phi) is 9.05. The summed E-state index contributed by atoms with van der Waals surface area (Å²) in [6.45, 7) is 11.7. The number of hydrogen-bond acceptors (Lipinski definition) is 2. The molecular weight excluding hydrogens is 411 g/mol. The van der Waals surface area contributed by atoms with Crippen LogP contribution in [0.1, 0.15) is 32.8 Å². The standard InChI is InChI=1S/C19H32N4.HI/c1-5-20-18(21-13-16-11-12-23(4)14-16)22-15-19(2,3)17-9-7-6-8-10-17;/h6-10,16H,5,11-15H2,1-4H3,(H2,20,21,22);1H. The highest BCUT2D eigenvalue weighted by Gasteiger charge is 2.21. The zero-order valence-corrected chi connectivity index (χ0v) is 17.8. The second-order valence-electron chi connectivity index (χ2n) is 7.24. The second kappa shape index (κ2) is 10.2. The number of hydrogen-bond donors (Lipinski definition) is 2. The van der Waals surface area contributed by atoms with Gasteiger partial charge in [0.1, 0.15) is 0 Å². The van der Waals surface area contributed by atoms with Crippen molar-refractivity contribution in [1.82, 2.24) is 15.5 Å². The van der Waals surface area contributed by atoms with E-state index in [-0.39, 0.29) is 29.4 Å². The maximum Gasteiger partial charge on any atom is 0.191 e. The Morgan fingerprint density at radius 1 is 1.25 bits per heavy atom. The van der Waals surface area contributed by atoms with Crippen molar-refractivity contribution in [3.63, 3.8) is 0 Å². The van der Waals surface area contributed by atoms with Crippen LogP contribution in [0.25, 0.3) is 0 Å². The van der Waals surface area contributed by atoms with Crippen LogP contribution in [0.5, 0.6) is 0 Å². The molecule has 4 nitrogen and oxygen atoms in total. The van der Waals surface area contributed by atoms with Crippen LogP contribution in [0.4, 0.5) is 0 Å². The van der Waals surface area contributed by atoms with Crippen molar-refractivity contribution in [3.8, 4) is 0 Å². The maximum absolute atomic E-state index is 4.82. The van der Waals surface area contributed by atoms with Crippen LogP contribution in [0.2, 0.25) is 0 Å². The van der Waals surface area contributed by atoms with Crippen molar-refractivity contribution in [2.24, 2.45) is 10.9 Å². The van der Waals surface area contributed by atoms with Gasteiger partial charge in [-0.2, -0.15) is 0 Å². The van der Waals surface area contributed by atoms with Gasteiger partial charge in [-0.3, -0.25) is 4.99 Å². The van der Waals surface area contributed by atoms with E-state index in [4.69, 9.17) is 4.99 Å². The van der Waals surface area contributed by atoms with E-state index in [9.17, 15) is 0 Å². The monoisotopic (exact) mass is 444 g/mol. The lowest BCUT2D eigenvalue weighted by Crippen LogP contribution is -2.41. The van der Waals surface area contributed by atoms with E-state index in [1.54, 1.807) is 0 Å². The molecule has 1 aromatic carbocycles. The average molecular weight is 444 g/mol. The zero-order valence-electron chi connectivity index (χ0n) is 15.5. The third-order valence-corrected chi connectivity index (χ3v) is 4.58. The highest BCUT2D eigenvalue weighted by Crippen LogP contribution is 2.23.